The van der Waals surface area contributed by atoms with E-state index < -0.39 is 10.1 Å². The lowest BCUT2D eigenvalue weighted by Gasteiger charge is -1.96. The summed E-state index contributed by atoms with van der Waals surface area (Å²) in [6.07, 6.45) is 4.92. The van der Waals surface area contributed by atoms with Crippen LogP contribution >= 0.6 is 0 Å². The third-order valence-corrected chi connectivity index (χ3v) is 1.81. The second-order valence-corrected chi connectivity index (χ2v) is 3.99. The quantitative estimate of drug-likeness (QED) is 0.451. The molecule has 10 heavy (non-hydrogen) atoms. The molecule has 0 N–H and O–H groups in total. The van der Waals surface area contributed by atoms with E-state index in [0.717, 1.165) is 19.1 Å². The molecular formula is C6H10O3S. The van der Waals surface area contributed by atoms with Crippen LogP contribution in [0, 0.1) is 0 Å². The molecule has 0 fully saturated rings. The first-order valence-corrected chi connectivity index (χ1v) is 4.92. The molecule has 0 unspecified atom stereocenters. The smallest absolute Gasteiger partial charge is 0.264 e. The van der Waals surface area contributed by atoms with Crippen LogP contribution in [0.3, 0.4) is 0 Å². The summed E-state index contributed by atoms with van der Waals surface area (Å²) in [5.41, 5.74) is 1.30. The van der Waals surface area contributed by atoms with Gasteiger partial charge in [-0.25, -0.2) is 0 Å². The van der Waals surface area contributed by atoms with E-state index >= 15 is 0 Å². The van der Waals surface area contributed by atoms with Crippen molar-refractivity contribution in [2.45, 2.75) is 12.8 Å². The second-order valence-electron chi connectivity index (χ2n) is 2.34. The van der Waals surface area contributed by atoms with Gasteiger partial charge in [0.15, 0.2) is 0 Å². The highest BCUT2D eigenvalue weighted by atomic mass is 32.2. The molecule has 0 aromatic heterocycles. The molecule has 0 aromatic rings. The van der Waals surface area contributed by atoms with E-state index in [-0.39, 0.29) is 0 Å². The summed E-state index contributed by atoms with van der Waals surface area (Å²) in [5, 5.41) is 0. The van der Waals surface area contributed by atoms with Crippen molar-refractivity contribution in [2.75, 3.05) is 12.9 Å². The van der Waals surface area contributed by atoms with Gasteiger partial charge in [0, 0.05) is 0 Å². The van der Waals surface area contributed by atoms with Gasteiger partial charge in [-0.2, -0.15) is 8.42 Å². The number of allylic oxidation sites excluding steroid dienone is 1. The lowest BCUT2D eigenvalue weighted by Crippen LogP contribution is -2.03. The molecule has 0 aliphatic heterocycles. The monoisotopic (exact) mass is 162 g/mol. The number of hydrogen-bond donors (Lipinski definition) is 0. The van der Waals surface area contributed by atoms with E-state index in [1.54, 1.807) is 0 Å². The van der Waals surface area contributed by atoms with Gasteiger partial charge < -0.3 is 0 Å². The van der Waals surface area contributed by atoms with Crippen molar-refractivity contribution in [3.05, 3.63) is 11.6 Å². The van der Waals surface area contributed by atoms with Crippen LogP contribution in [-0.2, 0) is 14.3 Å². The highest BCUT2D eigenvalue weighted by Crippen LogP contribution is 2.21. The summed E-state index contributed by atoms with van der Waals surface area (Å²) in [7, 11) is -3.22. The van der Waals surface area contributed by atoms with Gasteiger partial charge in [-0.3, -0.25) is 4.18 Å². The van der Waals surface area contributed by atoms with E-state index in [1.165, 1.54) is 5.57 Å². The third kappa shape index (κ3) is 3.63. The molecule has 3 nitrogen and oxygen atoms in total. The fraction of sp³-hybridized carbons (Fsp3) is 0.667. The second kappa shape index (κ2) is 2.72. The number of rotatable bonds is 4. The minimum absolute atomic E-state index is 0.296. The molecule has 0 bridgehead atoms. The molecule has 1 rings (SSSR count). The summed E-state index contributed by atoms with van der Waals surface area (Å²) < 4.78 is 25.3. The van der Waals surface area contributed by atoms with E-state index in [4.69, 9.17) is 0 Å². The normalized spacial score (nSPS) is 16.7. The third-order valence-electron chi connectivity index (χ3n) is 1.21. The minimum atomic E-state index is -3.22. The van der Waals surface area contributed by atoms with Gasteiger partial charge in [-0.15, -0.1) is 0 Å². The zero-order valence-corrected chi connectivity index (χ0v) is 6.65. The maximum Gasteiger partial charge on any atom is 0.264 e. The first-order valence-electron chi connectivity index (χ1n) is 3.10. The molecule has 0 aromatic carbocycles. The van der Waals surface area contributed by atoms with E-state index in [2.05, 4.69) is 10.3 Å². The molecule has 0 spiro atoms. The Hall–Kier alpha value is -0.350. The Bertz CT molecular complexity index is 238. The van der Waals surface area contributed by atoms with E-state index in [1.807, 2.05) is 0 Å². The van der Waals surface area contributed by atoms with Crippen LogP contribution in [-0.4, -0.2) is 21.3 Å². The summed E-state index contributed by atoms with van der Waals surface area (Å²) in [6, 6.07) is 0. The average Bonchev–Trinajstić information content (AvgIpc) is 2.45. The van der Waals surface area contributed by atoms with Gasteiger partial charge in [0.05, 0.1) is 12.9 Å². The highest BCUT2D eigenvalue weighted by Gasteiger charge is 2.08. The number of hydrogen-bond acceptors (Lipinski definition) is 3. The lowest BCUT2D eigenvalue weighted by atomic mass is 10.4. The summed E-state index contributed by atoms with van der Waals surface area (Å²) in [4.78, 5) is 0. The van der Waals surface area contributed by atoms with Crippen molar-refractivity contribution >= 4 is 10.1 Å². The van der Waals surface area contributed by atoms with Crippen molar-refractivity contribution in [3.8, 4) is 0 Å². The molecular weight excluding hydrogens is 152 g/mol. The zero-order chi connectivity index (χ0) is 7.61. The SMILES string of the molecule is CS(=O)(=O)OCCC1=CC1. The minimum Gasteiger partial charge on any atom is -0.270 e. The Morgan fingerprint density at radius 2 is 2.30 bits per heavy atom. The molecule has 0 saturated heterocycles. The Morgan fingerprint density at radius 3 is 2.70 bits per heavy atom. The first-order chi connectivity index (χ1) is 4.58. The molecule has 4 heteroatoms. The molecule has 0 radical (unpaired) electrons. The van der Waals surface area contributed by atoms with Crippen LogP contribution in [0.5, 0.6) is 0 Å². The van der Waals surface area contributed by atoms with E-state index in [0.29, 0.717) is 6.61 Å². The molecule has 0 saturated carbocycles. The largest absolute Gasteiger partial charge is 0.270 e. The van der Waals surface area contributed by atoms with Crippen LogP contribution < -0.4 is 0 Å². The summed E-state index contributed by atoms with van der Waals surface area (Å²) in [5.74, 6) is 0. The molecule has 1 aliphatic rings. The van der Waals surface area contributed by atoms with Crippen LogP contribution in [0.4, 0.5) is 0 Å². The topological polar surface area (TPSA) is 43.4 Å². The fourth-order valence-electron chi connectivity index (χ4n) is 0.600. The van der Waals surface area contributed by atoms with Gasteiger partial charge in [-0.05, 0) is 12.8 Å². The van der Waals surface area contributed by atoms with Crippen LogP contribution in [0.1, 0.15) is 12.8 Å². The predicted molar refractivity (Wildman–Crippen MR) is 38.1 cm³/mol. The summed E-state index contributed by atoms with van der Waals surface area (Å²) >= 11 is 0. The average molecular weight is 162 g/mol. The molecule has 58 valence electrons. The van der Waals surface area contributed by atoms with E-state index in [9.17, 15) is 8.42 Å². The van der Waals surface area contributed by atoms with Gasteiger partial charge >= 0.3 is 0 Å². The van der Waals surface area contributed by atoms with Crippen molar-refractivity contribution in [2.24, 2.45) is 0 Å². The standard InChI is InChI=1S/C6H10O3S/c1-10(7,8)9-5-4-6-2-3-6/h2H,3-5H2,1H3. The fourth-order valence-corrected chi connectivity index (χ4v) is 0.987. The van der Waals surface area contributed by atoms with Gasteiger partial charge in [0.25, 0.3) is 10.1 Å². The van der Waals surface area contributed by atoms with Crippen LogP contribution in [0.15, 0.2) is 11.6 Å². The Kier molecular flexibility index (Phi) is 2.11. The molecule has 0 heterocycles. The zero-order valence-electron chi connectivity index (χ0n) is 5.83. The summed E-state index contributed by atoms with van der Waals surface area (Å²) in [6.45, 7) is 0.296. The maximum absolute atomic E-state index is 10.4. The first kappa shape index (κ1) is 7.75. The predicted octanol–water partition coefficient (Wildman–Crippen LogP) is 0.683. The van der Waals surface area contributed by atoms with Crippen molar-refractivity contribution < 1.29 is 12.6 Å². The Balaban J connectivity index is 2.10. The van der Waals surface area contributed by atoms with Gasteiger partial charge in [-0.1, -0.05) is 11.6 Å². The lowest BCUT2D eigenvalue weighted by molar-refractivity contribution is 0.326. The van der Waals surface area contributed by atoms with Crippen LogP contribution in [0.25, 0.3) is 0 Å². The maximum atomic E-state index is 10.4. The van der Waals surface area contributed by atoms with Crippen LogP contribution in [0.2, 0.25) is 0 Å². The van der Waals surface area contributed by atoms with Crippen molar-refractivity contribution in [1.29, 1.82) is 0 Å². The van der Waals surface area contributed by atoms with Crippen molar-refractivity contribution in [1.82, 2.24) is 0 Å². The molecule has 0 amide bonds. The molecule has 0 atom stereocenters. The Labute approximate surface area is 60.8 Å². The highest BCUT2D eigenvalue weighted by molar-refractivity contribution is 7.85. The Morgan fingerprint density at radius 1 is 1.70 bits per heavy atom. The van der Waals surface area contributed by atoms with Gasteiger partial charge in [0.2, 0.25) is 0 Å². The molecule has 1 aliphatic carbocycles. The van der Waals surface area contributed by atoms with Gasteiger partial charge in [0.1, 0.15) is 0 Å². The van der Waals surface area contributed by atoms with Crippen molar-refractivity contribution in [3.63, 3.8) is 0 Å².